The van der Waals surface area contributed by atoms with Crippen LogP contribution in [0.4, 0.5) is 0 Å². The van der Waals surface area contributed by atoms with Crippen molar-refractivity contribution >= 4 is 0 Å². The van der Waals surface area contributed by atoms with E-state index in [-0.39, 0.29) is 5.54 Å². The Morgan fingerprint density at radius 3 is 1.84 bits per heavy atom. The van der Waals surface area contributed by atoms with E-state index in [0.29, 0.717) is 6.54 Å². The van der Waals surface area contributed by atoms with Gasteiger partial charge in [-0.1, -0.05) is 17.3 Å². The molecule has 3 aromatic heterocycles. The average molecular weight is 336 g/mol. The lowest BCUT2D eigenvalue weighted by Gasteiger charge is -2.21. The monoisotopic (exact) mass is 336 g/mol. The Hall–Kier alpha value is -2.60. The first kappa shape index (κ1) is 17.2. The number of nitrogens with zero attached hydrogens (tertiary/aromatic N) is 6. The fourth-order valence-electron chi connectivity index (χ4n) is 2.54. The second kappa shape index (κ2) is 7.53. The summed E-state index contributed by atoms with van der Waals surface area (Å²) in [6.45, 7) is 8.52. The predicted molar refractivity (Wildman–Crippen MR) is 96.4 cm³/mol. The van der Waals surface area contributed by atoms with E-state index in [4.69, 9.17) is 0 Å². The first-order valence-electron chi connectivity index (χ1n) is 8.44. The Kier molecular flexibility index (Phi) is 5.19. The van der Waals surface area contributed by atoms with Gasteiger partial charge in [0.1, 0.15) is 0 Å². The van der Waals surface area contributed by atoms with Crippen molar-refractivity contribution in [2.45, 2.75) is 45.9 Å². The minimum atomic E-state index is -0.0714. The number of aromatic nitrogens is 5. The molecule has 25 heavy (non-hydrogen) atoms. The van der Waals surface area contributed by atoms with Crippen molar-refractivity contribution in [3.63, 3.8) is 0 Å². The lowest BCUT2D eigenvalue weighted by Crippen LogP contribution is -2.24. The van der Waals surface area contributed by atoms with Crippen LogP contribution in [0.2, 0.25) is 0 Å². The summed E-state index contributed by atoms with van der Waals surface area (Å²) in [5.74, 6) is 0. The molecule has 0 saturated heterocycles. The summed E-state index contributed by atoms with van der Waals surface area (Å²) in [6.07, 6.45) is 5.66. The van der Waals surface area contributed by atoms with Crippen LogP contribution in [-0.4, -0.2) is 29.9 Å². The Balaban J connectivity index is 1.77. The minimum absolute atomic E-state index is 0.0714. The van der Waals surface area contributed by atoms with E-state index in [1.807, 2.05) is 59.7 Å². The predicted octanol–water partition coefficient (Wildman–Crippen LogP) is 3.03. The van der Waals surface area contributed by atoms with Crippen molar-refractivity contribution in [2.24, 2.45) is 0 Å². The van der Waals surface area contributed by atoms with Crippen molar-refractivity contribution in [3.8, 4) is 0 Å². The molecule has 130 valence electrons. The maximum atomic E-state index is 4.44. The van der Waals surface area contributed by atoms with Crippen molar-refractivity contribution in [3.05, 3.63) is 72.1 Å². The molecule has 6 nitrogen and oxygen atoms in total. The number of hydrogen-bond acceptors (Lipinski definition) is 5. The van der Waals surface area contributed by atoms with Crippen LogP contribution in [0.5, 0.6) is 0 Å². The fourth-order valence-corrected chi connectivity index (χ4v) is 2.54. The topological polar surface area (TPSA) is 59.7 Å². The molecule has 0 atom stereocenters. The van der Waals surface area contributed by atoms with Crippen LogP contribution in [0, 0.1) is 0 Å². The van der Waals surface area contributed by atoms with E-state index in [9.17, 15) is 0 Å². The van der Waals surface area contributed by atoms with E-state index >= 15 is 0 Å². The summed E-state index contributed by atoms with van der Waals surface area (Å²) in [5, 5.41) is 8.60. The number of pyridine rings is 2. The molecule has 0 saturated carbocycles. The van der Waals surface area contributed by atoms with Crippen LogP contribution in [0.3, 0.4) is 0 Å². The molecule has 0 bridgehead atoms. The van der Waals surface area contributed by atoms with Gasteiger partial charge >= 0.3 is 0 Å². The largest absolute Gasteiger partial charge is 0.286 e. The molecule has 0 aliphatic carbocycles. The van der Waals surface area contributed by atoms with Gasteiger partial charge < -0.3 is 0 Å². The molecule has 3 heterocycles. The summed E-state index contributed by atoms with van der Waals surface area (Å²) in [5.41, 5.74) is 2.93. The molecule has 0 N–H and O–H groups in total. The first-order chi connectivity index (χ1) is 12.0. The van der Waals surface area contributed by atoms with Gasteiger partial charge in [0.2, 0.25) is 0 Å². The number of rotatable bonds is 6. The Bertz CT molecular complexity index is 735. The van der Waals surface area contributed by atoms with Crippen molar-refractivity contribution in [1.82, 2.24) is 29.9 Å². The summed E-state index contributed by atoms with van der Waals surface area (Å²) in [6, 6.07) is 12.0. The van der Waals surface area contributed by atoms with Gasteiger partial charge in [0.25, 0.3) is 0 Å². The van der Waals surface area contributed by atoms with Gasteiger partial charge in [-0.25, -0.2) is 4.68 Å². The van der Waals surface area contributed by atoms with E-state index in [1.54, 1.807) is 0 Å². The molecule has 0 amide bonds. The highest BCUT2D eigenvalue weighted by Gasteiger charge is 2.17. The lowest BCUT2D eigenvalue weighted by molar-refractivity contribution is 0.238. The van der Waals surface area contributed by atoms with Crippen LogP contribution in [0.15, 0.2) is 55.0 Å². The van der Waals surface area contributed by atoms with Crippen LogP contribution in [0.25, 0.3) is 0 Å². The second-order valence-corrected chi connectivity index (χ2v) is 7.11. The van der Waals surface area contributed by atoms with Crippen molar-refractivity contribution in [2.75, 3.05) is 0 Å². The van der Waals surface area contributed by atoms with Gasteiger partial charge in [-0.05, 0) is 45.0 Å². The molecule has 0 radical (unpaired) electrons. The fraction of sp³-hybridized carbons (Fsp3) is 0.368. The first-order valence-corrected chi connectivity index (χ1v) is 8.44. The molecular weight excluding hydrogens is 312 g/mol. The summed E-state index contributed by atoms with van der Waals surface area (Å²) in [4.78, 5) is 11.2. The highest BCUT2D eigenvalue weighted by atomic mass is 15.4. The molecule has 3 aromatic rings. The van der Waals surface area contributed by atoms with Gasteiger partial charge in [0, 0.05) is 32.0 Å². The Morgan fingerprint density at radius 1 is 0.840 bits per heavy atom. The highest BCUT2D eigenvalue weighted by Crippen LogP contribution is 2.14. The van der Waals surface area contributed by atoms with Crippen LogP contribution < -0.4 is 0 Å². The van der Waals surface area contributed by atoms with Gasteiger partial charge in [0.05, 0.1) is 28.8 Å². The van der Waals surface area contributed by atoms with Crippen molar-refractivity contribution in [1.29, 1.82) is 0 Å². The summed E-state index contributed by atoms with van der Waals surface area (Å²) >= 11 is 0. The third-order valence-corrected chi connectivity index (χ3v) is 3.84. The SMILES string of the molecule is CC(C)(C)n1cc(CN(Cc2ccccn2)Cc2ccccn2)nn1. The normalized spacial score (nSPS) is 11.8. The van der Waals surface area contributed by atoms with Gasteiger partial charge in [0.15, 0.2) is 0 Å². The third-order valence-electron chi connectivity index (χ3n) is 3.84. The molecule has 0 aliphatic rings. The maximum absolute atomic E-state index is 4.44. The van der Waals surface area contributed by atoms with E-state index in [0.717, 1.165) is 30.2 Å². The third kappa shape index (κ3) is 4.93. The van der Waals surface area contributed by atoms with Crippen LogP contribution in [0.1, 0.15) is 37.9 Å². The second-order valence-electron chi connectivity index (χ2n) is 7.11. The molecular formula is C19H24N6. The summed E-state index contributed by atoms with van der Waals surface area (Å²) in [7, 11) is 0. The molecule has 0 aromatic carbocycles. The maximum Gasteiger partial charge on any atom is 0.0967 e. The minimum Gasteiger partial charge on any atom is -0.286 e. The average Bonchev–Trinajstić information content (AvgIpc) is 3.05. The molecule has 0 aliphatic heterocycles. The van der Waals surface area contributed by atoms with E-state index < -0.39 is 0 Å². The summed E-state index contributed by atoms with van der Waals surface area (Å²) < 4.78 is 1.90. The van der Waals surface area contributed by atoms with E-state index in [2.05, 4.69) is 46.0 Å². The van der Waals surface area contributed by atoms with Crippen LogP contribution in [-0.2, 0) is 25.2 Å². The van der Waals surface area contributed by atoms with Crippen molar-refractivity contribution < 1.29 is 0 Å². The molecule has 0 spiro atoms. The molecule has 3 rings (SSSR count). The zero-order valence-electron chi connectivity index (χ0n) is 15.0. The van der Waals surface area contributed by atoms with Crippen LogP contribution >= 0.6 is 0 Å². The Morgan fingerprint density at radius 2 is 1.40 bits per heavy atom. The smallest absolute Gasteiger partial charge is 0.0967 e. The zero-order chi connectivity index (χ0) is 17.7. The molecule has 0 unspecified atom stereocenters. The lowest BCUT2D eigenvalue weighted by atomic mass is 10.1. The quantitative estimate of drug-likeness (QED) is 0.692. The highest BCUT2D eigenvalue weighted by molar-refractivity contribution is 5.07. The van der Waals surface area contributed by atoms with Gasteiger partial charge in [-0.15, -0.1) is 5.10 Å². The van der Waals surface area contributed by atoms with Gasteiger partial charge in [-0.2, -0.15) is 0 Å². The molecule has 0 fully saturated rings. The standard InChI is InChI=1S/C19H24N6/c1-19(2,3)25-15-18(22-23-25)14-24(12-16-8-4-6-10-20-16)13-17-9-5-7-11-21-17/h4-11,15H,12-14H2,1-3H3. The zero-order valence-corrected chi connectivity index (χ0v) is 15.0. The Labute approximate surface area is 148 Å². The van der Waals surface area contributed by atoms with Gasteiger partial charge in [-0.3, -0.25) is 14.9 Å². The molecule has 6 heteroatoms. The number of hydrogen-bond donors (Lipinski definition) is 0. The van der Waals surface area contributed by atoms with E-state index in [1.165, 1.54) is 0 Å².